The minimum absolute atomic E-state index is 0. The summed E-state index contributed by atoms with van der Waals surface area (Å²) in [4.78, 5) is 13.7. The van der Waals surface area contributed by atoms with Crippen molar-refractivity contribution in [2.24, 2.45) is 0 Å². The maximum Gasteiger partial charge on any atom is 0.219 e. The van der Waals surface area contributed by atoms with Gasteiger partial charge in [0.05, 0.1) is 6.04 Å². The van der Waals surface area contributed by atoms with Crippen LogP contribution in [0.2, 0.25) is 0 Å². The molecule has 1 aromatic carbocycles. The molecular formula is C25H34Br2N2O2. The number of aromatic hydroxyl groups is 1. The quantitative estimate of drug-likeness (QED) is 0.376. The summed E-state index contributed by atoms with van der Waals surface area (Å²) in [5.74, 6) is 0.442. The summed E-state index contributed by atoms with van der Waals surface area (Å²) in [6.45, 7) is 7.43. The van der Waals surface area contributed by atoms with Gasteiger partial charge in [-0.3, -0.25) is 4.79 Å². The Bertz CT molecular complexity index is 908. The molecule has 3 aliphatic rings. The zero-order valence-electron chi connectivity index (χ0n) is 17.9. The molecule has 2 heterocycles. The van der Waals surface area contributed by atoms with Crippen molar-refractivity contribution in [2.75, 3.05) is 13.1 Å². The van der Waals surface area contributed by atoms with Gasteiger partial charge in [0.25, 0.3) is 0 Å². The third-order valence-electron chi connectivity index (χ3n) is 5.67. The van der Waals surface area contributed by atoms with Gasteiger partial charge in [-0.1, -0.05) is 49.2 Å². The number of rotatable bonds is 0. The normalized spacial score (nSPS) is 19.9. The van der Waals surface area contributed by atoms with Crippen LogP contribution >= 0.6 is 31.9 Å². The number of phenolic OH excluding ortho intramolecular Hbond substituents is 1. The van der Waals surface area contributed by atoms with E-state index in [1.807, 2.05) is 17.2 Å². The minimum atomic E-state index is 0. The van der Waals surface area contributed by atoms with Crippen LogP contribution in [0, 0.1) is 0 Å². The van der Waals surface area contributed by atoms with Gasteiger partial charge in [0.1, 0.15) is 5.75 Å². The first-order valence-electron chi connectivity index (χ1n) is 10.7. The zero-order valence-corrected chi connectivity index (χ0v) is 21.1. The number of benzene rings is 1. The number of aryl methyl sites for hydroxylation is 1. The van der Waals surface area contributed by atoms with Crippen LogP contribution in [0.4, 0.5) is 0 Å². The highest BCUT2D eigenvalue weighted by atomic mass is 79.9. The average Bonchev–Trinajstić information content (AvgIpc) is 2.85. The van der Waals surface area contributed by atoms with E-state index in [-0.39, 0.29) is 19.4 Å². The monoisotopic (exact) mass is 552 g/mol. The number of amides is 1. The Morgan fingerprint density at radius 3 is 2.42 bits per heavy atom. The van der Waals surface area contributed by atoms with E-state index in [1.165, 1.54) is 34.3 Å². The van der Waals surface area contributed by atoms with Crippen molar-refractivity contribution in [2.45, 2.75) is 66.3 Å². The van der Waals surface area contributed by atoms with Gasteiger partial charge in [0.2, 0.25) is 5.91 Å². The van der Waals surface area contributed by atoms with E-state index in [0.717, 1.165) is 47.7 Å². The number of carbonyl (C=O) groups is 1. The highest BCUT2D eigenvalue weighted by Crippen LogP contribution is 2.44. The second-order valence-corrected chi connectivity index (χ2v) is 9.81. The third kappa shape index (κ3) is 5.83. The van der Waals surface area contributed by atoms with Crippen molar-refractivity contribution < 1.29 is 9.90 Å². The van der Waals surface area contributed by atoms with Crippen LogP contribution in [-0.4, -0.2) is 35.0 Å². The molecule has 1 aromatic rings. The molecule has 31 heavy (non-hydrogen) atoms. The summed E-state index contributed by atoms with van der Waals surface area (Å²) in [6, 6.07) is 3.81. The molecule has 0 radical (unpaired) electrons. The topological polar surface area (TPSA) is 52.6 Å². The number of phenols is 1. The molecule has 1 amide bonds. The summed E-state index contributed by atoms with van der Waals surface area (Å²) in [7, 11) is 0. The molecule has 1 unspecified atom stereocenters. The smallest absolute Gasteiger partial charge is 0.219 e. The summed E-state index contributed by atoms with van der Waals surface area (Å²) >= 11 is 7.30. The van der Waals surface area contributed by atoms with E-state index in [9.17, 15) is 9.90 Å². The molecule has 6 heteroatoms. The lowest BCUT2D eigenvalue weighted by atomic mass is 9.85. The number of nitrogens with one attached hydrogen (secondary N) is 1. The van der Waals surface area contributed by atoms with Crippen molar-refractivity contribution in [3.63, 3.8) is 0 Å². The van der Waals surface area contributed by atoms with E-state index in [0.29, 0.717) is 5.75 Å². The zero-order chi connectivity index (χ0) is 21.8. The Kier molecular flexibility index (Phi) is 9.44. The molecular weight excluding hydrogens is 520 g/mol. The van der Waals surface area contributed by atoms with Gasteiger partial charge in [-0.05, 0) is 82.1 Å². The molecule has 1 aliphatic carbocycles. The number of dihydropyridines is 1. The minimum Gasteiger partial charge on any atom is -0.508 e. The van der Waals surface area contributed by atoms with Gasteiger partial charge in [0, 0.05) is 35.2 Å². The summed E-state index contributed by atoms with van der Waals surface area (Å²) in [6.07, 6.45) is 9.09. The Hall–Kier alpha value is -1.53. The van der Waals surface area contributed by atoms with Crippen LogP contribution in [0.1, 0.15) is 65.0 Å². The number of fused-ring (bicyclic) bond motifs is 2. The number of allylic oxidation sites excluding steroid dienone is 2. The lowest BCUT2D eigenvalue weighted by Gasteiger charge is -2.33. The molecule has 1 fully saturated rings. The molecule has 1 atom stereocenters. The maximum atomic E-state index is 11.7. The number of hydrogen-bond donors (Lipinski definition) is 2. The van der Waals surface area contributed by atoms with E-state index >= 15 is 0 Å². The van der Waals surface area contributed by atoms with Gasteiger partial charge < -0.3 is 15.3 Å². The lowest BCUT2D eigenvalue weighted by molar-refractivity contribution is -0.129. The Morgan fingerprint density at radius 1 is 1.16 bits per heavy atom. The number of halogens is 2. The van der Waals surface area contributed by atoms with Crippen LogP contribution in [0.3, 0.4) is 0 Å². The van der Waals surface area contributed by atoms with Gasteiger partial charge in [-0.25, -0.2) is 0 Å². The predicted octanol–water partition coefficient (Wildman–Crippen LogP) is 6.68. The van der Waals surface area contributed by atoms with Crippen molar-refractivity contribution >= 4 is 43.3 Å². The molecule has 4 nitrogen and oxygen atoms in total. The van der Waals surface area contributed by atoms with Gasteiger partial charge in [-0.15, -0.1) is 0 Å². The van der Waals surface area contributed by atoms with Crippen LogP contribution in [-0.2, 0) is 11.2 Å². The summed E-state index contributed by atoms with van der Waals surface area (Å²) in [5.41, 5.74) is 6.43. The first kappa shape index (κ1) is 25.7. The molecule has 2 N–H and O–H groups in total. The second-order valence-electron chi connectivity index (χ2n) is 8.04. The van der Waals surface area contributed by atoms with Crippen molar-refractivity contribution in [3.8, 4) is 5.75 Å². The largest absolute Gasteiger partial charge is 0.508 e. The highest BCUT2D eigenvalue weighted by molar-refractivity contribution is 9.12. The number of carbonyl (C=O) groups excluding carboxylic acids is 1. The first-order chi connectivity index (χ1) is 14.3. The van der Waals surface area contributed by atoms with E-state index in [2.05, 4.69) is 57.1 Å². The summed E-state index contributed by atoms with van der Waals surface area (Å²) in [5, 5.41) is 13.7. The van der Waals surface area contributed by atoms with E-state index in [4.69, 9.17) is 0 Å². The molecule has 4 rings (SSSR count). The number of likely N-dealkylation sites (tertiary alicyclic amines) is 1. The molecule has 2 aliphatic heterocycles. The van der Waals surface area contributed by atoms with Crippen molar-refractivity contribution in [3.05, 3.63) is 55.6 Å². The van der Waals surface area contributed by atoms with Crippen LogP contribution in [0.5, 0.6) is 5.75 Å². The van der Waals surface area contributed by atoms with Crippen molar-refractivity contribution in [1.29, 1.82) is 0 Å². The lowest BCUT2D eigenvalue weighted by Crippen LogP contribution is -2.36. The molecule has 0 saturated carbocycles. The van der Waals surface area contributed by atoms with Gasteiger partial charge in [0.15, 0.2) is 0 Å². The highest BCUT2D eigenvalue weighted by Gasteiger charge is 2.32. The van der Waals surface area contributed by atoms with Crippen molar-refractivity contribution in [1.82, 2.24) is 10.2 Å². The standard InChI is InChI=1S/C21H22Br2N2O2.C3H8.CH4/c1-12(26)25-6-4-13(5-7-25)20-19-14(9-17(27)10-18(19)23)2-3-15-8-16(22)11-24-21(15)20;1-3-2;/h8-11,21,24,27H,2-7H2,1H3;3H2,1-2H3;1H4. The van der Waals surface area contributed by atoms with E-state index < -0.39 is 0 Å². The van der Waals surface area contributed by atoms with E-state index in [1.54, 1.807) is 13.0 Å². The predicted molar refractivity (Wildman–Crippen MR) is 137 cm³/mol. The van der Waals surface area contributed by atoms with Crippen LogP contribution in [0.25, 0.3) is 5.57 Å². The molecule has 1 saturated heterocycles. The fourth-order valence-electron chi connectivity index (χ4n) is 4.37. The second kappa shape index (κ2) is 11.4. The number of hydrogen-bond acceptors (Lipinski definition) is 3. The average molecular weight is 554 g/mol. The summed E-state index contributed by atoms with van der Waals surface area (Å²) < 4.78 is 1.99. The molecule has 0 bridgehead atoms. The first-order valence-corrected chi connectivity index (χ1v) is 12.3. The number of nitrogens with zero attached hydrogens (tertiary/aromatic N) is 1. The Labute approximate surface area is 203 Å². The van der Waals surface area contributed by atoms with Crippen LogP contribution < -0.4 is 5.32 Å². The Morgan fingerprint density at radius 2 is 1.81 bits per heavy atom. The fraction of sp³-hybridized carbons (Fsp3) is 0.480. The molecule has 0 spiro atoms. The maximum absolute atomic E-state index is 11.7. The Balaban J connectivity index is 0.000000808. The number of piperidine rings is 1. The SMILES string of the molecule is C.CC(=O)N1CCC(=C2c3c(Br)cc(O)cc3CCC3=CC(Br)=CNC32)CC1.CCC. The molecule has 0 aromatic heterocycles. The van der Waals surface area contributed by atoms with Crippen LogP contribution in [0.15, 0.2) is 44.5 Å². The third-order valence-corrected chi connectivity index (χ3v) is 6.76. The molecule has 170 valence electrons. The van der Waals surface area contributed by atoms with Gasteiger partial charge >= 0.3 is 0 Å². The fourth-order valence-corrected chi connectivity index (χ4v) is 5.50. The van der Waals surface area contributed by atoms with Gasteiger partial charge in [-0.2, -0.15) is 0 Å².